The van der Waals surface area contributed by atoms with Crippen molar-refractivity contribution < 1.29 is 22.1 Å². The lowest BCUT2D eigenvalue weighted by Gasteiger charge is -2.35. The molecule has 0 N–H and O–H groups in total. The first-order valence-corrected chi connectivity index (χ1v) is 8.00. The third kappa shape index (κ3) is 3.38. The van der Waals surface area contributed by atoms with Crippen molar-refractivity contribution in [1.29, 1.82) is 0 Å². The molecule has 0 radical (unpaired) electrons. The molecule has 1 aromatic carbocycles. The summed E-state index contributed by atoms with van der Waals surface area (Å²) in [6.07, 6.45) is 0.732. The fraction of sp³-hybridized carbons (Fsp3) is 0.571. The van der Waals surface area contributed by atoms with Crippen LogP contribution in [0.4, 0.5) is 0 Å². The molecule has 0 aromatic heterocycles. The Morgan fingerprint density at radius 3 is 2.50 bits per heavy atom. The maximum Gasteiger partial charge on any atom is 0.297 e. The monoisotopic (exact) mass is 300 g/mol. The van der Waals surface area contributed by atoms with Gasteiger partial charge in [0.1, 0.15) is 6.79 Å². The van der Waals surface area contributed by atoms with Crippen LogP contribution in [0, 0.1) is 12.3 Å². The first kappa shape index (κ1) is 15.4. The van der Waals surface area contributed by atoms with E-state index in [4.69, 9.17) is 13.7 Å². The van der Waals surface area contributed by atoms with Gasteiger partial charge < -0.3 is 9.47 Å². The van der Waals surface area contributed by atoms with Gasteiger partial charge in [0.2, 0.25) is 0 Å². The molecule has 0 aliphatic carbocycles. The fourth-order valence-corrected chi connectivity index (χ4v) is 3.35. The van der Waals surface area contributed by atoms with Gasteiger partial charge in [-0.1, -0.05) is 25.1 Å². The van der Waals surface area contributed by atoms with Crippen LogP contribution in [0.1, 0.15) is 18.9 Å². The second-order valence-corrected chi connectivity index (χ2v) is 6.73. The zero-order valence-electron chi connectivity index (χ0n) is 11.8. The summed E-state index contributed by atoms with van der Waals surface area (Å²) in [5.74, 6) is 0. The normalized spacial score (nSPS) is 18.9. The van der Waals surface area contributed by atoms with E-state index >= 15 is 0 Å². The van der Waals surface area contributed by atoms with Gasteiger partial charge in [-0.2, -0.15) is 8.42 Å². The molecule has 1 aliphatic rings. The molecule has 1 fully saturated rings. The third-order valence-corrected chi connectivity index (χ3v) is 5.04. The van der Waals surface area contributed by atoms with E-state index in [1.807, 2.05) is 6.92 Å². The van der Waals surface area contributed by atoms with Gasteiger partial charge in [0.25, 0.3) is 10.1 Å². The quantitative estimate of drug-likeness (QED) is 0.779. The predicted octanol–water partition coefficient (Wildman–Crippen LogP) is 2.10. The number of hydrogen-bond donors (Lipinski definition) is 0. The summed E-state index contributed by atoms with van der Waals surface area (Å²) >= 11 is 0. The van der Waals surface area contributed by atoms with Gasteiger partial charge in [0.15, 0.2) is 0 Å². The zero-order valence-corrected chi connectivity index (χ0v) is 12.6. The van der Waals surface area contributed by atoms with Crippen LogP contribution in [0.2, 0.25) is 0 Å². The Hall–Kier alpha value is -0.950. The molecule has 112 valence electrons. The van der Waals surface area contributed by atoms with E-state index < -0.39 is 15.5 Å². The smallest absolute Gasteiger partial charge is 0.297 e. The second-order valence-electron chi connectivity index (χ2n) is 5.15. The molecule has 1 saturated heterocycles. The molecule has 0 saturated carbocycles. The van der Waals surface area contributed by atoms with Gasteiger partial charge in [0, 0.05) is 5.41 Å². The molecular weight excluding hydrogens is 280 g/mol. The highest BCUT2D eigenvalue weighted by Crippen LogP contribution is 2.28. The largest absolute Gasteiger partial charge is 0.355 e. The van der Waals surface area contributed by atoms with Crippen LogP contribution >= 0.6 is 0 Å². The summed E-state index contributed by atoms with van der Waals surface area (Å²) in [6.45, 7) is 4.95. The fourth-order valence-electron chi connectivity index (χ4n) is 2.11. The summed E-state index contributed by atoms with van der Waals surface area (Å²) < 4.78 is 40.3. The van der Waals surface area contributed by atoms with Crippen LogP contribution < -0.4 is 0 Å². The van der Waals surface area contributed by atoms with Crippen molar-refractivity contribution in [3.8, 4) is 0 Å². The van der Waals surface area contributed by atoms with Crippen molar-refractivity contribution in [3.63, 3.8) is 0 Å². The van der Waals surface area contributed by atoms with E-state index in [9.17, 15) is 8.42 Å². The van der Waals surface area contributed by atoms with E-state index in [2.05, 4.69) is 0 Å². The molecule has 0 spiro atoms. The van der Waals surface area contributed by atoms with Crippen molar-refractivity contribution >= 4 is 10.1 Å². The number of hydrogen-bond acceptors (Lipinski definition) is 5. The maximum absolute atomic E-state index is 12.2. The van der Waals surface area contributed by atoms with E-state index in [-0.39, 0.29) is 18.3 Å². The predicted molar refractivity (Wildman–Crippen MR) is 73.8 cm³/mol. The first-order chi connectivity index (χ1) is 9.49. The third-order valence-electron chi connectivity index (χ3n) is 3.62. The highest BCUT2D eigenvalue weighted by molar-refractivity contribution is 7.86. The Bertz CT molecular complexity index is 546. The SMILES string of the molecule is CCC1(COS(=O)(=O)c2ccccc2C)COCOC1. The minimum atomic E-state index is -3.75. The second kappa shape index (κ2) is 6.22. The van der Waals surface area contributed by atoms with Crippen LogP contribution in [0.3, 0.4) is 0 Å². The van der Waals surface area contributed by atoms with E-state index in [0.29, 0.717) is 18.8 Å². The first-order valence-electron chi connectivity index (χ1n) is 6.60. The Labute approximate surface area is 120 Å². The van der Waals surface area contributed by atoms with Crippen LogP contribution in [-0.2, 0) is 23.8 Å². The Morgan fingerprint density at radius 1 is 1.25 bits per heavy atom. The molecule has 2 rings (SSSR count). The molecule has 5 nitrogen and oxygen atoms in total. The van der Waals surface area contributed by atoms with Crippen molar-refractivity contribution in [2.24, 2.45) is 5.41 Å². The number of aryl methyl sites for hydroxylation is 1. The number of benzene rings is 1. The minimum absolute atomic E-state index is 0.0696. The van der Waals surface area contributed by atoms with Crippen molar-refractivity contribution in [3.05, 3.63) is 29.8 Å². The Morgan fingerprint density at radius 2 is 1.90 bits per heavy atom. The average molecular weight is 300 g/mol. The van der Waals surface area contributed by atoms with Crippen LogP contribution in [0.15, 0.2) is 29.2 Å². The molecule has 1 aromatic rings. The number of ether oxygens (including phenoxy) is 2. The van der Waals surface area contributed by atoms with Crippen LogP contribution in [0.25, 0.3) is 0 Å². The van der Waals surface area contributed by atoms with E-state index in [1.54, 1.807) is 31.2 Å². The summed E-state index contributed by atoms with van der Waals surface area (Å²) in [5.41, 5.74) is 0.280. The van der Waals surface area contributed by atoms with Gasteiger partial charge in [-0.3, -0.25) is 4.18 Å². The van der Waals surface area contributed by atoms with Gasteiger partial charge in [0.05, 0.1) is 24.7 Å². The standard InChI is InChI=1S/C14H20O5S/c1-3-14(8-17-11-18-9-14)10-19-20(15,16)13-7-5-4-6-12(13)2/h4-7H,3,8-11H2,1-2H3. The molecule has 1 aliphatic heterocycles. The maximum atomic E-state index is 12.2. The summed E-state index contributed by atoms with van der Waals surface area (Å²) in [6, 6.07) is 6.78. The van der Waals surface area contributed by atoms with Gasteiger partial charge in [-0.25, -0.2) is 0 Å². The molecule has 6 heteroatoms. The molecule has 20 heavy (non-hydrogen) atoms. The van der Waals surface area contributed by atoms with Crippen molar-refractivity contribution in [2.75, 3.05) is 26.6 Å². The van der Waals surface area contributed by atoms with Crippen molar-refractivity contribution in [1.82, 2.24) is 0 Å². The molecule has 0 unspecified atom stereocenters. The zero-order chi connectivity index (χ0) is 14.6. The highest BCUT2D eigenvalue weighted by Gasteiger charge is 2.34. The van der Waals surface area contributed by atoms with E-state index in [0.717, 1.165) is 6.42 Å². The van der Waals surface area contributed by atoms with Gasteiger partial charge >= 0.3 is 0 Å². The van der Waals surface area contributed by atoms with Crippen LogP contribution in [-0.4, -0.2) is 35.0 Å². The Balaban J connectivity index is 2.11. The summed E-state index contributed by atoms with van der Waals surface area (Å²) in [4.78, 5) is 0.212. The van der Waals surface area contributed by atoms with Gasteiger partial charge in [-0.15, -0.1) is 0 Å². The minimum Gasteiger partial charge on any atom is -0.355 e. The molecule has 1 heterocycles. The highest BCUT2D eigenvalue weighted by atomic mass is 32.2. The lowest BCUT2D eigenvalue weighted by atomic mass is 9.88. The van der Waals surface area contributed by atoms with Gasteiger partial charge in [-0.05, 0) is 25.0 Å². The lowest BCUT2D eigenvalue weighted by molar-refractivity contribution is -0.173. The lowest BCUT2D eigenvalue weighted by Crippen LogP contribution is -2.41. The average Bonchev–Trinajstić information content (AvgIpc) is 2.47. The van der Waals surface area contributed by atoms with E-state index in [1.165, 1.54) is 0 Å². The van der Waals surface area contributed by atoms with Crippen molar-refractivity contribution in [2.45, 2.75) is 25.2 Å². The summed E-state index contributed by atoms with van der Waals surface area (Å²) in [7, 11) is -3.75. The molecule has 0 bridgehead atoms. The molecule has 0 atom stereocenters. The molecular formula is C14H20O5S. The Kier molecular flexibility index (Phi) is 4.80. The topological polar surface area (TPSA) is 61.8 Å². The number of rotatable bonds is 5. The molecule has 0 amide bonds. The van der Waals surface area contributed by atoms with Crippen LogP contribution in [0.5, 0.6) is 0 Å². The summed E-state index contributed by atoms with van der Waals surface area (Å²) in [5, 5.41) is 0.